The summed E-state index contributed by atoms with van der Waals surface area (Å²) in [5, 5.41) is 9.16. The van der Waals surface area contributed by atoms with Crippen LogP contribution in [0.15, 0.2) is 24.3 Å². The molecule has 0 bridgehead atoms. The number of carboxylic acids is 1. The molecule has 0 saturated carbocycles. The third-order valence-electron chi connectivity index (χ3n) is 3.95. The van der Waals surface area contributed by atoms with Crippen molar-refractivity contribution in [2.45, 2.75) is 32.2 Å². The Morgan fingerprint density at radius 3 is 2.71 bits per heavy atom. The molecule has 1 aromatic rings. The molecule has 0 aliphatic carbocycles. The number of hydrogen-bond acceptors (Lipinski definition) is 2. The van der Waals surface area contributed by atoms with Crippen molar-refractivity contribution in [3.05, 3.63) is 35.4 Å². The summed E-state index contributed by atoms with van der Waals surface area (Å²) in [6.07, 6.45) is -1.51. The highest BCUT2D eigenvalue weighted by molar-refractivity contribution is 5.95. The molecular formula is C15H17F2NO3. The largest absolute Gasteiger partial charge is 0.481 e. The number of carbonyl (C=O) groups excluding carboxylic acids is 1. The van der Waals surface area contributed by atoms with Gasteiger partial charge in [0.1, 0.15) is 0 Å². The Labute approximate surface area is 121 Å². The molecule has 1 heterocycles. The van der Waals surface area contributed by atoms with Gasteiger partial charge in [0, 0.05) is 23.7 Å². The second-order valence-corrected chi connectivity index (χ2v) is 5.25. The van der Waals surface area contributed by atoms with Crippen LogP contribution in [0.1, 0.15) is 42.1 Å². The number of hydrogen-bond donors (Lipinski definition) is 1. The number of carbonyl (C=O) groups is 2. The van der Waals surface area contributed by atoms with Crippen molar-refractivity contribution in [2.75, 3.05) is 6.54 Å². The Balaban J connectivity index is 2.23. The number of benzene rings is 1. The number of alkyl halides is 2. The zero-order valence-electron chi connectivity index (χ0n) is 11.6. The first-order chi connectivity index (χ1) is 9.91. The highest BCUT2D eigenvalue weighted by Crippen LogP contribution is 2.26. The Bertz CT molecular complexity index is 547. The molecule has 1 aliphatic heterocycles. The van der Waals surface area contributed by atoms with Crippen molar-refractivity contribution in [3.63, 3.8) is 0 Å². The molecule has 0 unspecified atom stereocenters. The summed E-state index contributed by atoms with van der Waals surface area (Å²) in [6, 6.07) is 4.88. The monoisotopic (exact) mass is 297 g/mol. The quantitative estimate of drug-likeness (QED) is 0.933. The van der Waals surface area contributed by atoms with Crippen LogP contribution in [0.2, 0.25) is 0 Å². The molecule has 0 spiro atoms. The molecule has 1 aromatic carbocycles. The SMILES string of the molecule is C[C@@H]1[C@H](C(=O)O)CCCN1C(=O)c1cccc(C(F)F)c1. The van der Waals surface area contributed by atoms with Gasteiger partial charge >= 0.3 is 5.97 Å². The highest BCUT2D eigenvalue weighted by atomic mass is 19.3. The number of aliphatic carboxylic acids is 1. The summed E-state index contributed by atoms with van der Waals surface area (Å²) in [7, 11) is 0. The molecule has 6 heteroatoms. The van der Waals surface area contributed by atoms with Gasteiger partial charge < -0.3 is 10.0 Å². The maximum Gasteiger partial charge on any atom is 0.308 e. The number of likely N-dealkylation sites (tertiary alicyclic amines) is 1. The van der Waals surface area contributed by atoms with Crippen molar-refractivity contribution >= 4 is 11.9 Å². The van der Waals surface area contributed by atoms with Crippen LogP contribution in [-0.2, 0) is 4.79 Å². The molecule has 2 rings (SSSR count). The van der Waals surface area contributed by atoms with Crippen molar-refractivity contribution in [2.24, 2.45) is 5.92 Å². The van der Waals surface area contributed by atoms with Crippen LogP contribution in [0.5, 0.6) is 0 Å². The minimum Gasteiger partial charge on any atom is -0.481 e. The average molecular weight is 297 g/mol. The van der Waals surface area contributed by atoms with Crippen LogP contribution in [0, 0.1) is 5.92 Å². The van der Waals surface area contributed by atoms with E-state index in [9.17, 15) is 18.4 Å². The predicted molar refractivity (Wildman–Crippen MR) is 72.3 cm³/mol. The van der Waals surface area contributed by atoms with E-state index in [4.69, 9.17) is 5.11 Å². The summed E-state index contributed by atoms with van der Waals surface area (Å²) in [5.74, 6) is -1.93. The van der Waals surface area contributed by atoms with Gasteiger partial charge in [-0.05, 0) is 31.9 Å². The first kappa shape index (κ1) is 15.4. The van der Waals surface area contributed by atoms with Gasteiger partial charge in [0.15, 0.2) is 0 Å². The van der Waals surface area contributed by atoms with Gasteiger partial charge in [-0.1, -0.05) is 12.1 Å². The van der Waals surface area contributed by atoms with Crippen LogP contribution < -0.4 is 0 Å². The van der Waals surface area contributed by atoms with E-state index < -0.39 is 30.3 Å². The lowest BCUT2D eigenvalue weighted by Crippen LogP contribution is -2.49. The minimum absolute atomic E-state index is 0.172. The maximum atomic E-state index is 12.7. The van der Waals surface area contributed by atoms with Crippen LogP contribution in [-0.4, -0.2) is 34.5 Å². The number of piperidine rings is 1. The van der Waals surface area contributed by atoms with Gasteiger partial charge in [-0.25, -0.2) is 8.78 Å². The minimum atomic E-state index is -2.64. The average Bonchev–Trinajstić information content (AvgIpc) is 2.46. The zero-order valence-corrected chi connectivity index (χ0v) is 11.6. The molecule has 1 aliphatic rings. The van der Waals surface area contributed by atoms with E-state index >= 15 is 0 Å². The Hall–Kier alpha value is -1.98. The van der Waals surface area contributed by atoms with Crippen LogP contribution in [0.4, 0.5) is 8.78 Å². The molecule has 1 N–H and O–H groups in total. The van der Waals surface area contributed by atoms with Gasteiger partial charge in [-0.3, -0.25) is 9.59 Å². The smallest absolute Gasteiger partial charge is 0.308 e. The lowest BCUT2D eigenvalue weighted by molar-refractivity contribution is -0.144. The van der Waals surface area contributed by atoms with E-state index in [0.29, 0.717) is 19.4 Å². The van der Waals surface area contributed by atoms with Crippen molar-refractivity contribution in [3.8, 4) is 0 Å². The van der Waals surface area contributed by atoms with E-state index in [1.165, 1.54) is 29.2 Å². The fraction of sp³-hybridized carbons (Fsp3) is 0.467. The number of rotatable bonds is 3. The predicted octanol–water partition coefficient (Wildman–Crippen LogP) is 2.95. The second kappa shape index (κ2) is 6.20. The highest BCUT2D eigenvalue weighted by Gasteiger charge is 2.35. The molecule has 1 saturated heterocycles. The van der Waals surface area contributed by atoms with Crippen LogP contribution in [0.25, 0.3) is 0 Å². The summed E-state index contributed by atoms with van der Waals surface area (Å²) in [6.45, 7) is 2.13. The first-order valence-electron chi connectivity index (χ1n) is 6.83. The normalized spacial score (nSPS) is 22.4. The van der Waals surface area contributed by atoms with Gasteiger partial charge in [-0.15, -0.1) is 0 Å². The van der Waals surface area contributed by atoms with Crippen LogP contribution >= 0.6 is 0 Å². The van der Waals surface area contributed by atoms with Crippen molar-refractivity contribution in [1.29, 1.82) is 0 Å². The van der Waals surface area contributed by atoms with Crippen molar-refractivity contribution < 1.29 is 23.5 Å². The molecule has 114 valence electrons. The topological polar surface area (TPSA) is 57.6 Å². The van der Waals surface area contributed by atoms with Gasteiger partial charge in [0.2, 0.25) is 0 Å². The van der Waals surface area contributed by atoms with Crippen LogP contribution in [0.3, 0.4) is 0 Å². The molecule has 4 nitrogen and oxygen atoms in total. The molecule has 0 radical (unpaired) electrons. The van der Waals surface area contributed by atoms with Gasteiger partial charge in [0.05, 0.1) is 5.92 Å². The number of nitrogens with zero attached hydrogens (tertiary/aromatic N) is 1. The van der Waals surface area contributed by atoms with E-state index in [1.807, 2.05) is 0 Å². The van der Waals surface area contributed by atoms with E-state index in [2.05, 4.69) is 0 Å². The van der Waals surface area contributed by atoms with E-state index in [1.54, 1.807) is 6.92 Å². The number of carboxylic acid groups (broad SMARTS) is 1. The Morgan fingerprint density at radius 1 is 1.38 bits per heavy atom. The summed E-state index contributed by atoms with van der Waals surface area (Å²) in [5.41, 5.74) is -0.0361. The zero-order chi connectivity index (χ0) is 15.6. The Kier molecular flexibility index (Phi) is 4.55. The van der Waals surface area contributed by atoms with Gasteiger partial charge in [-0.2, -0.15) is 0 Å². The van der Waals surface area contributed by atoms with E-state index in [0.717, 1.165) is 0 Å². The molecule has 1 amide bonds. The molecular weight excluding hydrogens is 280 g/mol. The molecule has 0 aromatic heterocycles. The second-order valence-electron chi connectivity index (χ2n) is 5.25. The van der Waals surface area contributed by atoms with Gasteiger partial charge in [0.25, 0.3) is 12.3 Å². The molecule has 2 atom stereocenters. The Morgan fingerprint density at radius 2 is 2.10 bits per heavy atom. The third-order valence-corrected chi connectivity index (χ3v) is 3.95. The summed E-state index contributed by atoms with van der Waals surface area (Å²) < 4.78 is 25.4. The van der Waals surface area contributed by atoms with Crippen molar-refractivity contribution in [1.82, 2.24) is 4.90 Å². The number of amides is 1. The fourth-order valence-corrected chi connectivity index (χ4v) is 2.73. The third kappa shape index (κ3) is 3.20. The maximum absolute atomic E-state index is 12.7. The lowest BCUT2D eigenvalue weighted by Gasteiger charge is -2.37. The first-order valence-corrected chi connectivity index (χ1v) is 6.83. The lowest BCUT2D eigenvalue weighted by atomic mass is 9.89. The summed E-state index contributed by atoms with van der Waals surface area (Å²) >= 11 is 0. The molecule has 1 fully saturated rings. The fourth-order valence-electron chi connectivity index (χ4n) is 2.73. The number of halogens is 2. The standard InChI is InChI=1S/C15H17F2NO3/c1-9-12(15(20)21)6-3-7-18(9)14(19)11-5-2-4-10(8-11)13(16)17/h2,4-5,8-9,12-13H,3,6-7H2,1H3,(H,20,21)/t9-,12-/m1/s1. The molecule has 21 heavy (non-hydrogen) atoms. The van der Waals surface area contributed by atoms with E-state index in [-0.39, 0.29) is 11.1 Å². The summed E-state index contributed by atoms with van der Waals surface area (Å²) in [4.78, 5) is 25.1.